The van der Waals surface area contributed by atoms with Crippen LogP contribution in [0.4, 0.5) is 0 Å². The van der Waals surface area contributed by atoms with Crippen molar-refractivity contribution in [1.29, 1.82) is 0 Å². The SMILES string of the molecule is CC(C)[C@H](O)CC[C@@H](C)[C@H]1CCC2C3C(O)C[C@H]4CC5(CC[C@]4(C)C3CC[C@@]21C)OCCO5. The Morgan fingerprint density at radius 2 is 1.58 bits per heavy atom. The average molecular weight is 463 g/mol. The minimum absolute atomic E-state index is 0.173. The van der Waals surface area contributed by atoms with Crippen LogP contribution in [0.5, 0.6) is 0 Å². The van der Waals surface area contributed by atoms with E-state index in [0.717, 1.165) is 51.2 Å². The zero-order valence-electron chi connectivity index (χ0n) is 21.9. The van der Waals surface area contributed by atoms with Crippen LogP contribution in [0.15, 0.2) is 0 Å². The number of ether oxygens (including phenoxy) is 2. The van der Waals surface area contributed by atoms with Gasteiger partial charge >= 0.3 is 0 Å². The van der Waals surface area contributed by atoms with Crippen LogP contribution >= 0.6 is 0 Å². The van der Waals surface area contributed by atoms with Crippen molar-refractivity contribution in [2.45, 2.75) is 117 Å². The summed E-state index contributed by atoms with van der Waals surface area (Å²) < 4.78 is 12.2. The fraction of sp³-hybridized carbons (Fsp3) is 1.00. The summed E-state index contributed by atoms with van der Waals surface area (Å²) in [5.74, 6) is 3.65. The lowest BCUT2D eigenvalue weighted by Gasteiger charge is -2.63. The van der Waals surface area contributed by atoms with Gasteiger partial charge in [-0.1, -0.05) is 34.6 Å². The lowest BCUT2D eigenvalue weighted by molar-refractivity contribution is -0.243. The van der Waals surface area contributed by atoms with Crippen molar-refractivity contribution in [1.82, 2.24) is 0 Å². The van der Waals surface area contributed by atoms with Crippen molar-refractivity contribution >= 4 is 0 Å². The molecule has 5 aliphatic rings. The van der Waals surface area contributed by atoms with Gasteiger partial charge in [0, 0.05) is 12.8 Å². The van der Waals surface area contributed by atoms with E-state index in [1.165, 1.54) is 32.1 Å². The van der Waals surface area contributed by atoms with Gasteiger partial charge in [-0.15, -0.1) is 0 Å². The van der Waals surface area contributed by atoms with Gasteiger partial charge in [0.2, 0.25) is 0 Å². The Morgan fingerprint density at radius 3 is 2.27 bits per heavy atom. The van der Waals surface area contributed by atoms with Crippen LogP contribution in [0.1, 0.15) is 98.8 Å². The topological polar surface area (TPSA) is 58.9 Å². The predicted octanol–water partition coefficient (Wildman–Crippen LogP) is 5.79. The molecule has 33 heavy (non-hydrogen) atoms. The van der Waals surface area contributed by atoms with Gasteiger partial charge in [-0.25, -0.2) is 0 Å². The number of hydrogen-bond donors (Lipinski definition) is 2. The van der Waals surface area contributed by atoms with Crippen LogP contribution in [-0.2, 0) is 9.47 Å². The molecule has 5 fully saturated rings. The van der Waals surface area contributed by atoms with Crippen LogP contribution in [0.2, 0.25) is 0 Å². The molecule has 1 heterocycles. The molecule has 1 saturated heterocycles. The molecule has 4 heteroatoms. The molecule has 4 saturated carbocycles. The highest BCUT2D eigenvalue weighted by Crippen LogP contribution is 2.69. The summed E-state index contributed by atoms with van der Waals surface area (Å²) in [6.45, 7) is 13.3. The monoisotopic (exact) mass is 462 g/mol. The molecule has 1 spiro atoms. The first-order valence-corrected chi connectivity index (χ1v) is 14.2. The summed E-state index contributed by atoms with van der Waals surface area (Å²) in [4.78, 5) is 0. The molecule has 2 N–H and O–H groups in total. The zero-order valence-corrected chi connectivity index (χ0v) is 21.9. The quantitative estimate of drug-likeness (QED) is 0.543. The largest absolute Gasteiger partial charge is 0.393 e. The van der Waals surface area contributed by atoms with E-state index in [0.29, 0.717) is 46.3 Å². The van der Waals surface area contributed by atoms with Gasteiger partial charge in [0.1, 0.15) is 0 Å². The maximum Gasteiger partial charge on any atom is 0.168 e. The van der Waals surface area contributed by atoms with Crippen molar-refractivity contribution in [3.05, 3.63) is 0 Å². The lowest BCUT2D eigenvalue weighted by atomic mass is 9.43. The van der Waals surface area contributed by atoms with Crippen LogP contribution in [-0.4, -0.2) is 41.4 Å². The Labute approximate surface area is 202 Å². The number of aliphatic hydroxyl groups excluding tert-OH is 2. The highest BCUT2D eigenvalue weighted by atomic mass is 16.7. The third-order valence-corrected chi connectivity index (χ3v) is 11.9. The standard InChI is InChI=1S/C29H50O4/c1-18(2)24(30)9-6-19(3)21-7-8-22-26-23(10-11-28(21,22)5)27(4)12-13-29(32-14-15-33-29)17-20(27)16-25(26)31/h18-26,30-31H,6-17H2,1-5H3/t19-,20+,21-,22?,23?,24-,25?,26?,27+,28-/m1/s1. The fourth-order valence-electron chi connectivity index (χ4n) is 9.87. The van der Waals surface area contributed by atoms with Crippen molar-refractivity contribution in [2.75, 3.05) is 13.2 Å². The van der Waals surface area contributed by atoms with E-state index >= 15 is 0 Å². The van der Waals surface area contributed by atoms with Gasteiger partial charge in [-0.3, -0.25) is 0 Å². The minimum atomic E-state index is -0.353. The number of aliphatic hydroxyl groups is 2. The molecule has 0 amide bonds. The average Bonchev–Trinajstić information content (AvgIpc) is 3.37. The maximum atomic E-state index is 11.6. The molecule has 5 rings (SSSR count). The third kappa shape index (κ3) is 3.94. The van der Waals surface area contributed by atoms with E-state index in [4.69, 9.17) is 9.47 Å². The van der Waals surface area contributed by atoms with Crippen LogP contribution in [0.3, 0.4) is 0 Å². The number of hydrogen-bond acceptors (Lipinski definition) is 4. The number of fused-ring (bicyclic) bond motifs is 5. The smallest absolute Gasteiger partial charge is 0.168 e. The predicted molar refractivity (Wildman–Crippen MR) is 130 cm³/mol. The number of rotatable bonds is 5. The summed E-state index contributed by atoms with van der Waals surface area (Å²) in [6.07, 6.45) is 11.0. The summed E-state index contributed by atoms with van der Waals surface area (Å²) in [5, 5.41) is 22.0. The molecule has 0 aromatic rings. The molecular formula is C29H50O4. The Bertz CT molecular complexity index is 702. The highest BCUT2D eigenvalue weighted by Gasteiger charge is 2.64. The molecule has 4 unspecified atom stereocenters. The second-order valence-corrected chi connectivity index (χ2v) is 13.7. The fourth-order valence-corrected chi connectivity index (χ4v) is 9.87. The van der Waals surface area contributed by atoms with E-state index in [1.54, 1.807) is 0 Å². The van der Waals surface area contributed by atoms with Gasteiger partial charge in [-0.2, -0.15) is 0 Å². The minimum Gasteiger partial charge on any atom is -0.393 e. The zero-order chi connectivity index (χ0) is 23.6. The first-order chi connectivity index (χ1) is 15.6. The van der Waals surface area contributed by atoms with E-state index in [-0.39, 0.29) is 18.0 Å². The van der Waals surface area contributed by atoms with Crippen LogP contribution in [0.25, 0.3) is 0 Å². The summed E-state index contributed by atoms with van der Waals surface area (Å²) in [6, 6.07) is 0. The molecule has 4 aliphatic carbocycles. The van der Waals surface area contributed by atoms with Gasteiger partial charge in [0.15, 0.2) is 5.79 Å². The van der Waals surface area contributed by atoms with E-state index < -0.39 is 0 Å². The first kappa shape index (κ1) is 24.5. The second kappa shape index (κ2) is 8.75. The molecule has 190 valence electrons. The van der Waals surface area contributed by atoms with E-state index in [2.05, 4.69) is 34.6 Å². The van der Waals surface area contributed by atoms with Crippen molar-refractivity contribution < 1.29 is 19.7 Å². The molecule has 0 bridgehead atoms. The molecule has 10 atom stereocenters. The van der Waals surface area contributed by atoms with Gasteiger partial charge in [0.25, 0.3) is 0 Å². The Balaban J connectivity index is 1.31. The highest BCUT2D eigenvalue weighted by molar-refractivity contribution is 5.12. The van der Waals surface area contributed by atoms with Gasteiger partial charge in [-0.05, 0) is 104 Å². The molecule has 0 aromatic carbocycles. The van der Waals surface area contributed by atoms with Gasteiger partial charge < -0.3 is 19.7 Å². The van der Waals surface area contributed by atoms with E-state index in [1.807, 2.05) is 0 Å². The normalized spacial score (nSPS) is 48.4. The van der Waals surface area contributed by atoms with Crippen molar-refractivity contribution in [2.24, 2.45) is 52.3 Å². The Hall–Kier alpha value is -0.160. The molecular weight excluding hydrogens is 412 g/mol. The second-order valence-electron chi connectivity index (χ2n) is 13.7. The molecule has 4 nitrogen and oxygen atoms in total. The van der Waals surface area contributed by atoms with Crippen LogP contribution < -0.4 is 0 Å². The third-order valence-electron chi connectivity index (χ3n) is 11.9. The van der Waals surface area contributed by atoms with Crippen molar-refractivity contribution in [3.63, 3.8) is 0 Å². The van der Waals surface area contributed by atoms with E-state index in [9.17, 15) is 10.2 Å². The molecule has 0 radical (unpaired) electrons. The summed E-state index contributed by atoms with van der Waals surface area (Å²) >= 11 is 0. The van der Waals surface area contributed by atoms with Crippen LogP contribution in [0, 0.1) is 52.3 Å². The first-order valence-electron chi connectivity index (χ1n) is 14.2. The maximum absolute atomic E-state index is 11.6. The molecule has 1 aliphatic heterocycles. The van der Waals surface area contributed by atoms with Gasteiger partial charge in [0.05, 0.1) is 25.4 Å². The lowest BCUT2D eigenvalue weighted by Crippen LogP contribution is -2.60. The molecule has 0 aromatic heterocycles. The summed E-state index contributed by atoms with van der Waals surface area (Å²) in [7, 11) is 0. The van der Waals surface area contributed by atoms with Crippen molar-refractivity contribution in [3.8, 4) is 0 Å². The summed E-state index contributed by atoms with van der Waals surface area (Å²) in [5.41, 5.74) is 0.665. The Kier molecular flexibility index (Phi) is 6.50. The Morgan fingerprint density at radius 1 is 0.879 bits per heavy atom.